The molecule has 2 N–H and O–H groups in total. The van der Waals surface area contributed by atoms with Gasteiger partial charge >= 0.3 is 0 Å². The lowest BCUT2D eigenvalue weighted by molar-refractivity contribution is 0.309. The zero-order chi connectivity index (χ0) is 18.0. The van der Waals surface area contributed by atoms with E-state index in [1.54, 1.807) is 22.5 Å². The third-order valence-electron chi connectivity index (χ3n) is 4.62. The van der Waals surface area contributed by atoms with Gasteiger partial charge in [-0.1, -0.05) is 31.1 Å². The van der Waals surface area contributed by atoms with Gasteiger partial charge in [0.15, 0.2) is 0 Å². The minimum atomic E-state index is -3.44. The van der Waals surface area contributed by atoms with Crippen molar-refractivity contribution in [1.82, 2.24) is 9.46 Å². The van der Waals surface area contributed by atoms with Crippen LogP contribution < -0.4 is 5.73 Å². The minimum Gasteiger partial charge on any atom is -0.368 e. The maximum absolute atomic E-state index is 12.8. The van der Waals surface area contributed by atoms with Crippen LogP contribution in [0, 0.1) is 5.92 Å². The van der Waals surface area contributed by atoms with Crippen molar-refractivity contribution < 1.29 is 12.9 Å². The number of hydrogen-bond donors (Lipinski definition) is 1. The smallest absolute Gasteiger partial charge is 0.243 e. The molecule has 0 unspecified atom stereocenters. The van der Waals surface area contributed by atoms with Crippen LogP contribution in [0.1, 0.15) is 43.9 Å². The van der Waals surface area contributed by atoms with Crippen molar-refractivity contribution >= 4 is 15.9 Å². The van der Waals surface area contributed by atoms with Crippen molar-refractivity contribution in [2.75, 3.05) is 18.8 Å². The van der Waals surface area contributed by atoms with Crippen LogP contribution in [0.3, 0.4) is 0 Å². The summed E-state index contributed by atoms with van der Waals surface area (Å²) in [6.45, 7) is 5.26. The van der Waals surface area contributed by atoms with Crippen LogP contribution in [0.4, 0.5) is 5.88 Å². The van der Waals surface area contributed by atoms with E-state index in [1.165, 1.54) is 0 Å². The van der Waals surface area contributed by atoms with Crippen LogP contribution >= 0.6 is 0 Å². The topological polar surface area (TPSA) is 89.4 Å². The van der Waals surface area contributed by atoms with Gasteiger partial charge in [0.25, 0.3) is 0 Å². The second-order valence-electron chi connectivity index (χ2n) is 7.07. The molecule has 136 valence electrons. The highest BCUT2D eigenvalue weighted by Gasteiger charge is 2.31. The van der Waals surface area contributed by atoms with E-state index in [9.17, 15) is 8.42 Å². The Morgan fingerprint density at radius 3 is 2.40 bits per heavy atom. The van der Waals surface area contributed by atoms with Crippen molar-refractivity contribution in [2.45, 2.75) is 43.9 Å². The Balaban J connectivity index is 1.67. The number of sulfonamides is 1. The highest BCUT2D eigenvalue weighted by Crippen LogP contribution is 2.30. The van der Waals surface area contributed by atoms with Gasteiger partial charge in [0.1, 0.15) is 0 Å². The van der Waals surface area contributed by atoms with Crippen LogP contribution in [0.5, 0.6) is 0 Å². The monoisotopic (exact) mass is 363 g/mol. The van der Waals surface area contributed by atoms with Gasteiger partial charge < -0.3 is 10.3 Å². The molecular weight excluding hydrogens is 338 g/mol. The summed E-state index contributed by atoms with van der Waals surface area (Å²) in [7, 11) is -3.44. The Hall–Kier alpha value is -1.86. The summed E-state index contributed by atoms with van der Waals surface area (Å²) in [4.78, 5) is 0.365. The molecule has 0 spiro atoms. The van der Waals surface area contributed by atoms with Crippen LogP contribution in [-0.2, 0) is 16.4 Å². The third kappa shape index (κ3) is 4.04. The lowest BCUT2D eigenvalue weighted by Gasteiger charge is -2.30. The molecule has 25 heavy (non-hydrogen) atoms. The van der Waals surface area contributed by atoms with Crippen LogP contribution in [0.25, 0.3) is 0 Å². The fourth-order valence-electron chi connectivity index (χ4n) is 3.31. The third-order valence-corrected chi connectivity index (χ3v) is 6.54. The maximum Gasteiger partial charge on any atom is 0.243 e. The van der Waals surface area contributed by atoms with Gasteiger partial charge in [0.05, 0.1) is 10.6 Å². The normalized spacial score (nSPS) is 17.2. The Bertz CT molecular complexity index is 804. The Labute approximate surface area is 149 Å². The molecule has 0 amide bonds. The van der Waals surface area contributed by atoms with Gasteiger partial charge in [0.2, 0.25) is 15.9 Å². The molecule has 0 saturated carbocycles. The van der Waals surface area contributed by atoms with E-state index in [1.807, 2.05) is 12.1 Å². The number of anilines is 1. The highest BCUT2D eigenvalue weighted by atomic mass is 32.2. The number of nitrogen functional groups attached to an aromatic ring is 1. The van der Waals surface area contributed by atoms with Crippen molar-refractivity contribution in [3.63, 3.8) is 0 Å². The molecule has 2 heterocycles. The van der Waals surface area contributed by atoms with Gasteiger partial charge in [-0.2, -0.15) is 4.31 Å². The zero-order valence-corrected chi connectivity index (χ0v) is 15.5. The van der Waals surface area contributed by atoms with Crippen molar-refractivity contribution in [2.24, 2.45) is 5.92 Å². The van der Waals surface area contributed by atoms with Crippen LogP contribution in [-0.4, -0.2) is 31.0 Å². The van der Waals surface area contributed by atoms with Gasteiger partial charge in [-0.15, -0.1) is 0 Å². The fourth-order valence-corrected chi connectivity index (χ4v) is 4.78. The average Bonchev–Trinajstić information content (AvgIpc) is 3.01. The Kier molecular flexibility index (Phi) is 5.15. The lowest BCUT2D eigenvalue weighted by atomic mass is 9.95. The summed E-state index contributed by atoms with van der Waals surface area (Å²) in [5, 5.41) is 3.95. The summed E-state index contributed by atoms with van der Waals surface area (Å²) in [5.41, 5.74) is 7.54. The number of nitrogens with zero attached hydrogens (tertiary/aromatic N) is 2. The molecule has 1 aliphatic heterocycles. The maximum atomic E-state index is 12.8. The molecule has 7 heteroatoms. The standard InChI is InChI=1S/C18H25N3O3S/c1-13(2)11-14-3-5-16(6-4-14)25(22,23)21-9-7-15(8-10-21)17-12-18(19)24-20-17/h3-6,12-13,15H,7-11,19H2,1-2H3. The number of rotatable bonds is 5. The summed E-state index contributed by atoms with van der Waals surface area (Å²) in [5.74, 6) is 1.04. The molecule has 2 aromatic rings. The summed E-state index contributed by atoms with van der Waals surface area (Å²) in [6, 6.07) is 8.99. The van der Waals surface area contributed by atoms with Gasteiger partial charge in [-0.05, 0) is 42.9 Å². The largest absolute Gasteiger partial charge is 0.368 e. The number of aromatic nitrogens is 1. The molecule has 0 radical (unpaired) electrons. The van der Waals surface area contributed by atoms with Crippen LogP contribution in [0.2, 0.25) is 0 Å². The van der Waals surface area contributed by atoms with Crippen LogP contribution in [0.15, 0.2) is 39.8 Å². The first-order valence-corrected chi connectivity index (χ1v) is 10.1. The van der Waals surface area contributed by atoms with Gasteiger partial charge in [-0.3, -0.25) is 0 Å². The lowest BCUT2D eigenvalue weighted by Crippen LogP contribution is -2.37. The van der Waals surface area contributed by atoms with Crippen molar-refractivity contribution in [3.05, 3.63) is 41.6 Å². The molecule has 1 aliphatic rings. The summed E-state index contributed by atoms with van der Waals surface area (Å²) in [6.07, 6.45) is 2.39. The van der Waals surface area contributed by atoms with E-state index < -0.39 is 10.0 Å². The first-order valence-electron chi connectivity index (χ1n) is 8.67. The summed E-state index contributed by atoms with van der Waals surface area (Å²) >= 11 is 0. The predicted molar refractivity (Wildman–Crippen MR) is 96.6 cm³/mol. The minimum absolute atomic E-state index is 0.195. The van der Waals surface area contributed by atoms with E-state index >= 15 is 0 Å². The molecule has 1 aromatic carbocycles. The second-order valence-corrected chi connectivity index (χ2v) is 9.01. The van der Waals surface area contributed by atoms with Crippen molar-refractivity contribution in [1.29, 1.82) is 0 Å². The average molecular weight is 363 g/mol. The quantitative estimate of drug-likeness (QED) is 0.882. The summed E-state index contributed by atoms with van der Waals surface area (Å²) < 4.78 is 32.2. The van der Waals surface area contributed by atoms with E-state index in [-0.39, 0.29) is 5.92 Å². The molecule has 3 rings (SSSR count). The Morgan fingerprint density at radius 1 is 1.24 bits per heavy atom. The fraction of sp³-hybridized carbons (Fsp3) is 0.500. The number of nitrogens with two attached hydrogens (primary N) is 1. The number of hydrogen-bond acceptors (Lipinski definition) is 5. The second kappa shape index (κ2) is 7.17. The molecular formula is C18H25N3O3S. The molecule has 0 bridgehead atoms. The molecule has 0 atom stereocenters. The SMILES string of the molecule is CC(C)Cc1ccc(S(=O)(=O)N2CCC(c3cc(N)on3)CC2)cc1. The number of piperidine rings is 1. The highest BCUT2D eigenvalue weighted by molar-refractivity contribution is 7.89. The molecule has 1 aromatic heterocycles. The zero-order valence-electron chi connectivity index (χ0n) is 14.7. The van der Waals surface area contributed by atoms with Gasteiger partial charge in [0, 0.05) is 25.1 Å². The van der Waals surface area contributed by atoms with Gasteiger partial charge in [-0.25, -0.2) is 8.42 Å². The van der Waals surface area contributed by atoms with E-state index in [0.717, 1.165) is 30.5 Å². The molecule has 0 aliphatic carbocycles. The molecule has 1 fully saturated rings. The Morgan fingerprint density at radius 2 is 1.88 bits per heavy atom. The van der Waals surface area contributed by atoms with E-state index in [4.69, 9.17) is 10.3 Å². The molecule has 6 nitrogen and oxygen atoms in total. The first-order chi connectivity index (χ1) is 11.9. The number of benzene rings is 1. The molecule has 1 saturated heterocycles. The van der Waals surface area contributed by atoms with Crippen molar-refractivity contribution in [3.8, 4) is 0 Å². The van der Waals surface area contributed by atoms with E-state index in [0.29, 0.717) is 29.8 Å². The first kappa shape index (κ1) is 17.9. The van der Waals surface area contributed by atoms with E-state index in [2.05, 4.69) is 19.0 Å². The predicted octanol–water partition coefficient (Wildman–Crippen LogP) is 3.02.